The first-order valence-electron chi connectivity index (χ1n) is 7.50. The molecule has 0 spiro atoms. The summed E-state index contributed by atoms with van der Waals surface area (Å²) in [6.07, 6.45) is 2.09. The highest BCUT2D eigenvalue weighted by Crippen LogP contribution is 2.27. The molecule has 0 aliphatic rings. The predicted molar refractivity (Wildman–Crippen MR) is 91.6 cm³/mol. The van der Waals surface area contributed by atoms with Crippen molar-refractivity contribution in [2.75, 3.05) is 6.54 Å². The van der Waals surface area contributed by atoms with E-state index < -0.39 is 0 Å². The van der Waals surface area contributed by atoms with Crippen LogP contribution in [0.1, 0.15) is 41.9 Å². The standard InChI is InChI=1S/C17H24BrN3/c1-5-9-19-17(11-14-10-12(2)20-21(14)4)15-7-6-8-16(18)13(15)3/h6-8,10,17,19H,5,9,11H2,1-4H3. The molecule has 3 nitrogen and oxygen atoms in total. The van der Waals surface area contributed by atoms with E-state index in [-0.39, 0.29) is 0 Å². The second-order valence-corrected chi connectivity index (χ2v) is 6.42. The van der Waals surface area contributed by atoms with Crippen molar-refractivity contribution in [3.05, 3.63) is 51.3 Å². The summed E-state index contributed by atoms with van der Waals surface area (Å²) in [5, 5.41) is 8.13. The molecule has 0 saturated heterocycles. The van der Waals surface area contributed by atoms with E-state index in [0.29, 0.717) is 6.04 Å². The summed E-state index contributed by atoms with van der Waals surface area (Å²) in [5.74, 6) is 0. The summed E-state index contributed by atoms with van der Waals surface area (Å²) in [4.78, 5) is 0. The molecule has 0 bridgehead atoms. The van der Waals surface area contributed by atoms with Gasteiger partial charge in [-0.05, 0) is 50.1 Å². The monoisotopic (exact) mass is 349 g/mol. The fraction of sp³-hybridized carbons (Fsp3) is 0.471. The van der Waals surface area contributed by atoms with Crippen molar-refractivity contribution in [2.24, 2.45) is 7.05 Å². The Hall–Kier alpha value is -1.13. The van der Waals surface area contributed by atoms with Gasteiger partial charge in [0.25, 0.3) is 0 Å². The molecular formula is C17H24BrN3. The zero-order chi connectivity index (χ0) is 15.4. The zero-order valence-corrected chi connectivity index (χ0v) is 14.9. The maximum atomic E-state index is 4.46. The molecule has 1 aromatic heterocycles. The van der Waals surface area contributed by atoms with E-state index in [1.807, 2.05) is 18.7 Å². The number of hydrogen-bond donors (Lipinski definition) is 1. The van der Waals surface area contributed by atoms with Gasteiger partial charge in [0.1, 0.15) is 0 Å². The van der Waals surface area contributed by atoms with Crippen LogP contribution in [0.4, 0.5) is 0 Å². The predicted octanol–water partition coefficient (Wildman–Crippen LogP) is 4.08. The number of rotatable bonds is 6. The Morgan fingerprint density at radius 3 is 2.71 bits per heavy atom. The number of nitrogens with zero attached hydrogens (tertiary/aromatic N) is 2. The first-order chi connectivity index (χ1) is 10.0. The second-order valence-electron chi connectivity index (χ2n) is 5.57. The molecule has 0 amide bonds. The number of hydrogen-bond acceptors (Lipinski definition) is 2. The van der Waals surface area contributed by atoms with Crippen LogP contribution < -0.4 is 5.32 Å². The van der Waals surface area contributed by atoms with Crippen LogP contribution in [0.2, 0.25) is 0 Å². The molecule has 0 aliphatic heterocycles. The molecule has 1 aromatic carbocycles. The molecular weight excluding hydrogens is 326 g/mol. The fourth-order valence-electron chi connectivity index (χ4n) is 2.68. The van der Waals surface area contributed by atoms with Crippen molar-refractivity contribution >= 4 is 15.9 Å². The van der Waals surface area contributed by atoms with Crippen LogP contribution in [-0.4, -0.2) is 16.3 Å². The first kappa shape index (κ1) is 16.2. The largest absolute Gasteiger partial charge is 0.310 e. The lowest BCUT2D eigenvalue weighted by Gasteiger charge is -2.21. The van der Waals surface area contributed by atoms with E-state index in [9.17, 15) is 0 Å². The van der Waals surface area contributed by atoms with Crippen molar-refractivity contribution in [2.45, 2.75) is 39.7 Å². The summed E-state index contributed by atoms with van der Waals surface area (Å²) in [7, 11) is 2.02. The summed E-state index contributed by atoms with van der Waals surface area (Å²) in [5.41, 5.74) is 5.01. The first-order valence-corrected chi connectivity index (χ1v) is 8.30. The Bertz CT molecular complexity index is 604. The Labute approximate surface area is 135 Å². The van der Waals surface area contributed by atoms with Crippen LogP contribution >= 0.6 is 15.9 Å². The summed E-state index contributed by atoms with van der Waals surface area (Å²) < 4.78 is 3.16. The van der Waals surface area contributed by atoms with Gasteiger partial charge in [0.15, 0.2) is 0 Å². The number of aryl methyl sites for hydroxylation is 2. The van der Waals surface area contributed by atoms with Gasteiger partial charge in [-0.1, -0.05) is 35.0 Å². The van der Waals surface area contributed by atoms with E-state index in [1.165, 1.54) is 21.3 Å². The fourth-order valence-corrected chi connectivity index (χ4v) is 3.06. The molecule has 1 heterocycles. The Morgan fingerprint density at radius 1 is 1.33 bits per heavy atom. The molecule has 21 heavy (non-hydrogen) atoms. The molecule has 1 N–H and O–H groups in total. The maximum Gasteiger partial charge on any atom is 0.0596 e. The molecule has 0 saturated carbocycles. The molecule has 114 valence electrons. The lowest BCUT2D eigenvalue weighted by Crippen LogP contribution is -2.25. The number of nitrogens with one attached hydrogen (secondary N) is 1. The SMILES string of the molecule is CCCNC(Cc1cc(C)nn1C)c1cccc(Br)c1C. The van der Waals surface area contributed by atoms with Crippen LogP contribution in [0, 0.1) is 13.8 Å². The molecule has 1 atom stereocenters. The molecule has 1 unspecified atom stereocenters. The van der Waals surface area contributed by atoms with Crippen molar-refractivity contribution < 1.29 is 0 Å². The third-order valence-corrected chi connectivity index (χ3v) is 4.70. The van der Waals surface area contributed by atoms with E-state index in [0.717, 1.165) is 25.1 Å². The van der Waals surface area contributed by atoms with E-state index in [2.05, 4.69) is 64.5 Å². The van der Waals surface area contributed by atoms with Crippen molar-refractivity contribution in [3.8, 4) is 0 Å². The van der Waals surface area contributed by atoms with Gasteiger partial charge in [-0.25, -0.2) is 0 Å². The highest BCUT2D eigenvalue weighted by Gasteiger charge is 2.17. The number of benzene rings is 1. The summed E-state index contributed by atoms with van der Waals surface area (Å²) >= 11 is 3.64. The third kappa shape index (κ3) is 3.95. The lowest BCUT2D eigenvalue weighted by atomic mass is 9.97. The molecule has 2 rings (SSSR count). The van der Waals surface area contributed by atoms with Gasteiger partial charge in [0, 0.05) is 29.7 Å². The van der Waals surface area contributed by atoms with Crippen molar-refractivity contribution in [1.29, 1.82) is 0 Å². The molecule has 0 radical (unpaired) electrons. The average molecular weight is 350 g/mol. The maximum absolute atomic E-state index is 4.46. The highest BCUT2D eigenvalue weighted by atomic mass is 79.9. The van der Waals surface area contributed by atoms with Gasteiger partial charge < -0.3 is 5.32 Å². The Kier molecular flexibility index (Phi) is 5.59. The minimum Gasteiger partial charge on any atom is -0.310 e. The van der Waals surface area contributed by atoms with Crippen molar-refractivity contribution in [1.82, 2.24) is 15.1 Å². The van der Waals surface area contributed by atoms with Gasteiger partial charge in [-0.15, -0.1) is 0 Å². The van der Waals surface area contributed by atoms with Gasteiger partial charge in [0.2, 0.25) is 0 Å². The van der Waals surface area contributed by atoms with Crippen LogP contribution in [0.3, 0.4) is 0 Å². The summed E-state index contributed by atoms with van der Waals surface area (Å²) in [6.45, 7) is 7.44. The topological polar surface area (TPSA) is 29.9 Å². The van der Waals surface area contributed by atoms with Crippen LogP contribution in [0.25, 0.3) is 0 Å². The minimum absolute atomic E-state index is 0.317. The molecule has 0 fully saturated rings. The quantitative estimate of drug-likeness (QED) is 0.851. The highest BCUT2D eigenvalue weighted by molar-refractivity contribution is 9.10. The Balaban J connectivity index is 2.29. The zero-order valence-electron chi connectivity index (χ0n) is 13.3. The van der Waals surface area contributed by atoms with E-state index in [4.69, 9.17) is 0 Å². The normalized spacial score (nSPS) is 12.6. The van der Waals surface area contributed by atoms with E-state index >= 15 is 0 Å². The number of halogens is 1. The van der Waals surface area contributed by atoms with Crippen LogP contribution in [0.5, 0.6) is 0 Å². The van der Waals surface area contributed by atoms with E-state index in [1.54, 1.807) is 0 Å². The van der Waals surface area contributed by atoms with Crippen LogP contribution in [-0.2, 0) is 13.5 Å². The average Bonchev–Trinajstić information content (AvgIpc) is 2.76. The van der Waals surface area contributed by atoms with Crippen molar-refractivity contribution in [3.63, 3.8) is 0 Å². The van der Waals surface area contributed by atoms with Gasteiger partial charge in [-0.2, -0.15) is 5.10 Å². The Morgan fingerprint density at radius 2 is 2.10 bits per heavy atom. The third-order valence-electron chi connectivity index (χ3n) is 3.84. The molecule has 2 aromatic rings. The second kappa shape index (κ2) is 7.23. The number of aromatic nitrogens is 2. The smallest absolute Gasteiger partial charge is 0.0596 e. The van der Waals surface area contributed by atoms with Gasteiger partial charge in [0.05, 0.1) is 5.69 Å². The molecule has 0 aliphatic carbocycles. The van der Waals surface area contributed by atoms with Crippen LogP contribution in [0.15, 0.2) is 28.7 Å². The van der Waals surface area contributed by atoms with Gasteiger partial charge in [-0.3, -0.25) is 4.68 Å². The van der Waals surface area contributed by atoms with Gasteiger partial charge >= 0.3 is 0 Å². The molecule has 4 heteroatoms. The minimum atomic E-state index is 0.317. The summed E-state index contributed by atoms with van der Waals surface area (Å²) in [6, 6.07) is 8.92. The lowest BCUT2D eigenvalue weighted by molar-refractivity contribution is 0.510.